The van der Waals surface area contributed by atoms with Crippen LogP contribution in [0.5, 0.6) is 0 Å². The molecular weight excluding hydrogens is 389 g/mol. The first-order chi connectivity index (χ1) is 13.1. The van der Waals surface area contributed by atoms with Gasteiger partial charge in [-0.05, 0) is 25.0 Å². The van der Waals surface area contributed by atoms with E-state index in [9.17, 15) is 31.5 Å². The molecule has 3 rings (SSSR count). The lowest BCUT2D eigenvalue weighted by Gasteiger charge is -2.31. The lowest BCUT2D eigenvalue weighted by Crippen LogP contribution is -2.43. The molecule has 0 bridgehead atoms. The third-order valence-electron chi connectivity index (χ3n) is 4.55. The van der Waals surface area contributed by atoms with Gasteiger partial charge in [-0.1, -0.05) is 6.07 Å². The molecular formula is C16H16F5N5O2. The number of aromatic nitrogens is 3. The van der Waals surface area contributed by atoms with Gasteiger partial charge in [-0.15, -0.1) is 5.10 Å². The van der Waals surface area contributed by atoms with Crippen molar-refractivity contribution >= 4 is 11.7 Å². The molecule has 1 aromatic carbocycles. The number of urea groups is 1. The summed E-state index contributed by atoms with van der Waals surface area (Å²) in [5, 5.41) is 5.54. The summed E-state index contributed by atoms with van der Waals surface area (Å²) < 4.78 is 67.1. The maximum Gasteiger partial charge on any atom is 0.451 e. The minimum Gasteiger partial charge on any atom is -0.324 e. The molecule has 12 heteroatoms. The van der Waals surface area contributed by atoms with E-state index in [0.717, 1.165) is 29.9 Å². The molecule has 1 N–H and O–H groups in total. The van der Waals surface area contributed by atoms with E-state index in [1.54, 1.807) is 0 Å². The summed E-state index contributed by atoms with van der Waals surface area (Å²) in [4.78, 5) is 25.5. The second-order valence-electron chi connectivity index (χ2n) is 6.35. The van der Waals surface area contributed by atoms with E-state index in [0.29, 0.717) is 4.57 Å². The molecule has 0 atom stereocenters. The van der Waals surface area contributed by atoms with Crippen molar-refractivity contribution in [3.63, 3.8) is 0 Å². The Morgan fingerprint density at radius 3 is 2.25 bits per heavy atom. The van der Waals surface area contributed by atoms with E-state index in [-0.39, 0.29) is 25.9 Å². The number of likely N-dealkylation sites (tertiary alicyclic amines) is 1. The molecule has 2 amide bonds. The maximum atomic E-state index is 13.6. The van der Waals surface area contributed by atoms with Crippen LogP contribution in [-0.2, 0) is 13.2 Å². The van der Waals surface area contributed by atoms with Crippen LogP contribution in [0.1, 0.15) is 24.7 Å². The number of anilines is 1. The lowest BCUT2D eigenvalue weighted by atomic mass is 10.1. The maximum absolute atomic E-state index is 13.6. The largest absolute Gasteiger partial charge is 0.451 e. The third-order valence-corrected chi connectivity index (χ3v) is 4.55. The van der Waals surface area contributed by atoms with Crippen molar-refractivity contribution in [2.24, 2.45) is 7.05 Å². The van der Waals surface area contributed by atoms with Crippen molar-refractivity contribution in [2.45, 2.75) is 25.1 Å². The molecule has 1 aliphatic rings. The number of carbonyl (C=O) groups excluding carboxylic acids is 1. The van der Waals surface area contributed by atoms with Crippen molar-refractivity contribution in [1.29, 1.82) is 0 Å². The van der Waals surface area contributed by atoms with Gasteiger partial charge in [0, 0.05) is 20.1 Å². The first-order valence-corrected chi connectivity index (χ1v) is 8.32. The number of halogens is 5. The Morgan fingerprint density at radius 1 is 1.18 bits per heavy atom. The third kappa shape index (κ3) is 3.71. The van der Waals surface area contributed by atoms with E-state index in [2.05, 4.69) is 10.4 Å². The van der Waals surface area contributed by atoms with Gasteiger partial charge in [0.05, 0.1) is 6.04 Å². The second kappa shape index (κ2) is 7.24. The standard InChI is InChI=1S/C16H16F5N5O2/c1-24-13(16(19,20)21)23-26(15(24)28)9-5-7-25(8-6-9)14(27)22-12-10(17)3-2-4-11(12)18/h2-4,9H,5-8H2,1H3,(H,22,27). The van der Waals surface area contributed by atoms with Crippen molar-refractivity contribution in [3.05, 3.63) is 46.1 Å². The molecule has 7 nitrogen and oxygen atoms in total. The molecule has 2 heterocycles. The van der Waals surface area contributed by atoms with E-state index in [1.807, 2.05) is 0 Å². The van der Waals surface area contributed by atoms with E-state index >= 15 is 0 Å². The number of hydrogen-bond donors (Lipinski definition) is 1. The van der Waals surface area contributed by atoms with Gasteiger partial charge in [-0.25, -0.2) is 23.1 Å². The van der Waals surface area contributed by atoms with Gasteiger partial charge >= 0.3 is 17.9 Å². The van der Waals surface area contributed by atoms with Crippen LogP contribution in [-0.4, -0.2) is 38.4 Å². The van der Waals surface area contributed by atoms with E-state index in [1.165, 1.54) is 4.90 Å². The van der Waals surface area contributed by atoms with Crippen molar-refractivity contribution < 1.29 is 26.7 Å². The highest BCUT2D eigenvalue weighted by Crippen LogP contribution is 2.28. The fourth-order valence-corrected chi connectivity index (χ4v) is 3.06. The fourth-order valence-electron chi connectivity index (χ4n) is 3.06. The number of amides is 2. The highest BCUT2D eigenvalue weighted by Gasteiger charge is 2.39. The number of nitrogens with zero attached hydrogens (tertiary/aromatic N) is 4. The molecule has 152 valence electrons. The number of carbonyl (C=O) groups is 1. The average molecular weight is 405 g/mol. The predicted molar refractivity (Wildman–Crippen MR) is 87.7 cm³/mol. The van der Waals surface area contributed by atoms with Gasteiger partial charge in [0.2, 0.25) is 5.82 Å². The number of benzene rings is 1. The summed E-state index contributed by atoms with van der Waals surface area (Å²) >= 11 is 0. The number of para-hydroxylation sites is 1. The minimum absolute atomic E-state index is 0.0803. The number of alkyl halides is 3. The highest BCUT2D eigenvalue weighted by molar-refractivity contribution is 5.89. The van der Waals surface area contributed by atoms with Gasteiger partial charge in [-0.3, -0.25) is 4.57 Å². The Labute approximate surface area is 155 Å². The first-order valence-electron chi connectivity index (χ1n) is 8.32. The van der Waals surface area contributed by atoms with Crippen molar-refractivity contribution in [2.75, 3.05) is 18.4 Å². The molecule has 0 saturated carbocycles. The van der Waals surface area contributed by atoms with Crippen LogP contribution in [0, 0.1) is 11.6 Å². The first kappa shape index (κ1) is 19.8. The van der Waals surface area contributed by atoms with Crippen molar-refractivity contribution in [1.82, 2.24) is 19.2 Å². The van der Waals surface area contributed by atoms with Crippen LogP contribution in [0.3, 0.4) is 0 Å². The van der Waals surface area contributed by atoms with Crippen LogP contribution >= 0.6 is 0 Å². The monoisotopic (exact) mass is 405 g/mol. The average Bonchev–Trinajstić information content (AvgIpc) is 2.94. The summed E-state index contributed by atoms with van der Waals surface area (Å²) in [6.07, 6.45) is -4.42. The van der Waals surface area contributed by atoms with E-state index in [4.69, 9.17) is 0 Å². The Morgan fingerprint density at radius 2 is 1.75 bits per heavy atom. The van der Waals surface area contributed by atoms with Gasteiger partial charge in [0.15, 0.2) is 0 Å². The van der Waals surface area contributed by atoms with E-state index < -0.39 is 47.1 Å². The molecule has 1 aliphatic heterocycles. The minimum atomic E-state index is -4.76. The SMILES string of the molecule is Cn1c(C(F)(F)F)nn(C2CCN(C(=O)Nc3c(F)cccc3F)CC2)c1=O. The summed E-state index contributed by atoms with van der Waals surface area (Å²) in [5.41, 5.74) is -1.48. The molecule has 0 spiro atoms. The topological polar surface area (TPSA) is 72.2 Å². The number of rotatable bonds is 2. The summed E-state index contributed by atoms with van der Waals surface area (Å²) in [5.74, 6) is -3.15. The zero-order chi connectivity index (χ0) is 20.6. The van der Waals surface area contributed by atoms with Gasteiger partial charge < -0.3 is 10.2 Å². The van der Waals surface area contributed by atoms with Crippen molar-refractivity contribution in [3.8, 4) is 0 Å². The zero-order valence-corrected chi connectivity index (χ0v) is 14.6. The molecule has 1 aromatic heterocycles. The Hall–Kier alpha value is -2.92. The second-order valence-corrected chi connectivity index (χ2v) is 6.35. The Bertz CT molecular complexity index is 924. The van der Waals surface area contributed by atoms with Crippen LogP contribution in [0.2, 0.25) is 0 Å². The molecule has 1 saturated heterocycles. The fraction of sp³-hybridized carbons (Fsp3) is 0.438. The molecule has 2 aromatic rings. The van der Waals surface area contributed by atoms with Gasteiger partial charge in [0.25, 0.3) is 0 Å². The molecule has 28 heavy (non-hydrogen) atoms. The van der Waals surface area contributed by atoms with Gasteiger partial charge in [0.1, 0.15) is 17.3 Å². The van der Waals surface area contributed by atoms with Crippen LogP contribution in [0.4, 0.5) is 32.4 Å². The summed E-state index contributed by atoms with van der Waals surface area (Å²) in [6, 6.07) is 1.79. The smallest absolute Gasteiger partial charge is 0.324 e. The zero-order valence-electron chi connectivity index (χ0n) is 14.6. The molecule has 0 unspecified atom stereocenters. The Balaban J connectivity index is 1.68. The summed E-state index contributed by atoms with van der Waals surface area (Å²) in [7, 11) is 0.986. The van der Waals surface area contributed by atoms with Gasteiger partial charge in [-0.2, -0.15) is 13.2 Å². The molecule has 1 fully saturated rings. The number of nitrogens with one attached hydrogen (secondary N) is 1. The predicted octanol–water partition coefficient (Wildman–Crippen LogP) is 2.75. The summed E-state index contributed by atoms with van der Waals surface area (Å²) in [6.45, 7) is 0.161. The lowest BCUT2D eigenvalue weighted by molar-refractivity contribution is -0.147. The molecule has 0 aliphatic carbocycles. The quantitative estimate of drug-likeness (QED) is 0.781. The van der Waals surface area contributed by atoms with Crippen LogP contribution in [0.15, 0.2) is 23.0 Å². The Kier molecular flexibility index (Phi) is 5.13. The normalized spacial score (nSPS) is 15.7. The highest BCUT2D eigenvalue weighted by atomic mass is 19.4. The molecule has 0 radical (unpaired) electrons. The number of piperidine rings is 1. The van der Waals surface area contributed by atoms with Crippen LogP contribution in [0.25, 0.3) is 0 Å². The van der Waals surface area contributed by atoms with Crippen LogP contribution < -0.4 is 11.0 Å². The number of hydrogen-bond acceptors (Lipinski definition) is 3.